The lowest BCUT2D eigenvalue weighted by atomic mass is 10.1. The molecule has 7 heteroatoms. The first-order chi connectivity index (χ1) is 14.7. The van der Waals surface area contributed by atoms with Gasteiger partial charge in [0.2, 0.25) is 0 Å². The molecule has 0 spiro atoms. The van der Waals surface area contributed by atoms with Gasteiger partial charge in [-0.2, -0.15) is 0 Å². The molecule has 0 fully saturated rings. The van der Waals surface area contributed by atoms with E-state index in [2.05, 4.69) is 17.6 Å². The van der Waals surface area contributed by atoms with Crippen LogP contribution in [0.5, 0.6) is 5.75 Å². The molecule has 0 unspecified atom stereocenters. The number of ether oxygens (including phenoxy) is 1. The van der Waals surface area contributed by atoms with E-state index in [1.54, 1.807) is 30.3 Å². The van der Waals surface area contributed by atoms with Crippen LogP contribution in [0, 0.1) is 0 Å². The van der Waals surface area contributed by atoms with Crippen molar-refractivity contribution in [3.8, 4) is 5.75 Å². The summed E-state index contributed by atoms with van der Waals surface area (Å²) < 4.78 is 6.41. The van der Waals surface area contributed by atoms with Crippen molar-refractivity contribution in [1.29, 1.82) is 0 Å². The van der Waals surface area contributed by atoms with Crippen LogP contribution in [0.1, 0.15) is 60.6 Å². The minimum atomic E-state index is -0.375. The molecule has 31 heavy (non-hydrogen) atoms. The van der Waals surface area contributed by atoms with Crippen molar-refractivity contribution in [3.05, 3.63) is 57.9 Å². The SMILES string of the molecule is CCCCOc1ccc(C(=O)Nc2cccc3c(Cl)c(C(=O)NC(C)(C)C)sc23)cc1. The average molecular weight is 459 g/mol. The van der Waals surface area contributed by atoms with Gasteiger partial charge < -0.3 is 15.4 Å². The molecule has 0 bridgehead atoms. The highest BCUT2D eigenvalue weighted by Crippen LogP contribution is 2.39. The number of unbranched alkanes of at least 4 members (excludes halogenated alkanes) is 1. The van der Waals surface area contributed by atoms with Gasteiger partial charge in [-0.05, 0) is 57.5 Å². The number of fused-ring (bicyclic) bond motifs is 1. The number of rotatable bonds is 7. The number of hydrogen-bond acceptors (Lipinski definition) is 4. The maximum absolute atomic E-state index is 12.8. The molecule has 3 aromatic rings. The molecule has 5 nitrogen and oxygen atoms in total. The fourth-order valence-corrected chi connectivity index (χ4v) is 4.43. The maximum atomic E-state index is 12.8. The number of amides is 2. The summed E-state index contributed by atoms with van der Waals surface area (Å²) in [6, 6.07) is 12.5. The number of halogens is 1. The minimum Gasteiger partial charge on any atom is -0.494 e. The van der Waals surface area contributed by atoms with Crippen LogP contribution < -0.4 is 15.4 Å². The zero-order chi connectivity index (χ0) is 22.6. The van der Waals surface area contributed by atoms with Crippen LogP contribution in [0.25, 0.3) is 10.1 Å². The molecule has 0 radical (unpaired) electrons. The number of nitrogens with one attached hydrogen (secondary N) is 2. The van der Waals surface area contributed by atoms with Crippen LogP contribution in [-0.2, 0) is 0 Å². The molecule has 3 rings (SSSR count). The summed E-state index contributed by atoms with van der Waals surface area (Å²) in [5.41, 5.74) is 0.765. The van der Waals surface area contributed by atoms with Crippen LogP contribution >= 0.6 is 22.9 Å². The summed E-state index contributed by atoms with van der Waals surface area (Å²) in [5.74, 6) is 0.277. The number of carbonyl (C=O) groups is 2. The first-order valence-corrected chi connectivity index (χ1v) is 11.5. The van der Waals surface area contributed by atoms with E-state index in [0.717, 1.165) is 28.7 Å². The highest BCUT2D eigenvalue weighted by atomic mass is 35.5. The zero-order valence-corrected chi connectivity index (χ0v) is 19.7. The largest absolute Gasteiger partial charge is 0.494 e. The van der Waals surface area contributed by atoms with Gasteiger partial charge in [-0.25, -0.2) is 0 Å². The summed E-state index contributed by atoms with van der Waals surface area (Å²) in [5, 5.41) is 7.01. The summed E-state index contributed by atoms with van der Waals surface area (Å²) in [6.07, 6.45) is 2.06. The summed E-state index contributed by atoms with van der Waals surface area (Å²) >= 11 is 7.77. The number of thiophene rings is 1. The van der Waals surface area contributed by atoms with E-state index < -0.39 is 0 Å². The second-order valence-electron chi connectivity index (χ2n) is 8.31. The summed E-state index contributed by atoms with van der Waals surface area (Å²) in [6.45, 7) is 8.51. The van der Waals surface area contributed by atoms with Crippen molar-refractivity contribution in [3.63, 3.8) is 0 Å². The van der Waals surface area contributed by atoms with Gasteiger partial charge in [0.05, 0.1) is 22.0 Å². The highest BCUT2D eigenvalue weighted by molar-refractivity contribution is 7.22. The van der Waals surface area contributed by atoms with Crippen molar-refractivity contribution >= 4 is 50.5 Å². The first-order valence-electron chi connectivity index (χ1n) is 10.3. The summed E-state index contributed by atoms with van der Waals surface area (Å²) in [7, 11) is 0. The lowest BCUT2D eigenvalue weighted by Gasteiger charge is -2.19. The van der Waals surface area contributed by atoms with Gasteiger partial charge in [0, 0.05) is 16.5 Å². The average Bonchev–Trinajstić information content (AvgIpc) is 3.05. The molecule has 2 N–H and O–H groups in total. The van der Waals surface area contributed by atoms with E-state index in [-0.39, 0.29) is 17.4 Å². The van der Waals surface area contributed by atoms with Crippen LogP contribution in [0.15, 0.2) is 42.5 Å². The Hall–Kier alpha value is -2.57. The Morgan fingerprint density at radius 1 is 1.06 bits per heavy atom. The van der Waals surface area contributed by atoms with Gasteiger partial charge in [-0.3, -0.25) is 9.59 Å². The second-order valence-corrected chi connectivity index (χ2v) is 9.71. The quantitative estimate of drug-likeness (QED) is 0.396. The van der Waals surface area contributed by atoms with Gasteiger partial charge in [0.25, 0.3) is 11.8 Å². The third kappa shape index (κ3) is 5.77. The van der Waals surface area contributed by atoms with Gasteiger partial charge in [0.15, 0.2) is 0 Å². The second kappa shape index (κ2) is 9.71. The zero-order valence-electron chi connectivity index (χ0n) is 18.2. The molecule has 1 aromatic heterocycles. The van der Waals surface area contributed by atoms with Crippen LogP contribution in [-0.4, -0.2) is 24.0 Å². The number of anilines is 1. The highest BCUT2D eigenvalue weighted by Gasteiger charge is 2.23. The van der Waals surface area contributed by atoms with Gasteiger partial charge >= 0.3 is 0 Å². The molecule has 0 saturated carbocycles. The van der Waals surface area contributed by atoms with Crippen molar-refractivity contribution in [2.24, 2.45) is 0 Å². The molecule has 0 aliphatic heterocycles. The molecule has 0 aliphatic carbocycles. The number of benzene rings is 2. The van der Waals surface area contributed by atoms with E-state index in [0.29, 0.717) is 27.8 Å². The van der Waals surface area contributed by atoms with E-state index in [9.17, 15) is 9.59 Å². The number of hydrogen-bond donors (Lipinski definition) is 2. The fraction of sp³-hybridized carbons (Fsp3) is 0.333. The molecule has 0 aliphatic rings. The van der Waals surface area contributed by atoms with Gasteiger partial charge in [-0.1, -0.05) is 37.1 Å². The van der Waals surface area contributed by atoms with Crippen molar-refractivity contribution < 1.29 is 14.3 Å². The monoisotopic (exact) mass is 458 g/mol. The Morgan fingerprint density at radius 2 is 1.77 bits per heavy atom. The Morgan fingerprint density at radius 3 is 2.42 bits per heavy atom. The molecule has 0 saturated heterocycles. The van der Waals surface area contributed by atoms with E-state index >= 15 is 0 Å². The van der Waals surface area contributed by atoms with Crippen molar-refractivity contribution in [1.82, 2.24) is 5.32 Å². The molecule has 1 heterocycles. The Bertz CT molecular complexity index is 1080. The van der Waals surface area contributed by atoms with Crippen LogP contribution in [0.4, 0.5) is 5.69 Å². The number of carbonyl (C=O) groups excluding carboxylic acids is 2. The molecular weight excluding hydrogens is 432 g/mol. The minimum absolute atomic E-state index is 0.227. The first kappa shape index (κ1) is 23.1. The molecular formula is C24H27ClN2O3S. The molecule has 0 atom stereocenters. The van der Waals surface area contributed by atoms with Crippen LogP contribution in [0.3, 0.4) is 0 Å². The predicted molar refractivity (Wildman–Crippen MR) is 129 cm³/mol. The standard InChI is InChI=1S/C24H27ClN2O3S/c1-5-6-14-30-16-12-10-15(11-13-16)22(28)26-18-9-7-8-17-19(25)21(31-20(17)18)23(29)27-24(2,3)4/h7-13H,5-6,14H2,1-4H3,(H,26,28)(H,27,29). The third-order valence-corrected chi connectivity index (χ3v) is 6.22. The lowest BCUT2D eigenvalue weighted by molar-refractivity contribution is 0.0923. The van der Waals surface area contributed by atoms with Crippen molar-refractivity contribution in [2.75, 3.05) is 11.9 Å². The Labute approximate surface area is 191 Å². The van der Waals surface area contributed by atoms with E-state index in [4.69, 9.17) is 16.3 Å². The predicted octanol–water partition coefficient (Wildman–Crippen LogP) is 6.51. The summed E-state index contributed by atoms with van der Waals surface area (Å²) in [4.78, 5) is 25.9. The molecule has 2 amide bonds. The molecule has 2 aromatic carbocycles. The van der Waals surface area contributed by atoms with Crippen molar-refractivity contribution in [2.45, 2.75) is 46.1 Å². The maximum Gasteiger partial charge on any atom is 0.263 e. The fourth-order valence-electron chi connectivity index (χ4n) is 2.96. The Kier molecular flexibility index (Phi) is 7.23. The molecule has 164 valence electrons. The van der Waals surface area contributed by atoms with Gasteiger partial charge in [0.1, 0.15) is 10.6 Å². The normalized spacial score (nSPS) is 11.4. The van der Waals surface area contributed by atoms with E-state index in [1.807, 2.05) is 32.9 Å². The van der Waals surface area contributed by atoms with Crippen LogP contribution in [0.2, 0.25) is 5.02 Å². The lowest BCUT2D eigenvalue weighted by Crippen LogP contribution is -2.40. The Balaban J connectivity index is 1.81. The smallest absolute Gasteiger partial charge is 0.263 e. The van der Waals surface area contributed by atoms with Gasteiger partial charge in [-0.15, -0.1) is 11.3 Å². The third-order valence-electron chi connectivity index (χ3n) is 4.48. The topological polar surface area (TPSA) is 67.4 Å². The van der Waals surface area contributed by atoms with E-state index in [1.165, 1.54) is 11.3 Å².